The zero-order valence-corrected chi connectivity index (χ0v) is 40.8. The van der Waals surface area contributed by atoms with Crippen LogP contribution >= 0.6 is 8.73 Å². The third-order valence-corrected chi connectivity index (χ3v) is 5.33. The molecule has 1 unspecified atom stereocenters. The maximum absolute atomic E-state index is 10.9. The van der Waals surface area contributed by atoms with Crippen molar-refractivity contribution >= 4 is 55.4 Å². The molecule has 56 heavy (non-hydrogen) atoms. The highest BCUT2D eigenvalue weighted by molar-refractivity contribution is 7.34. The molecule has 1 amide bonds. The van der Waals surface area contributed by atoms with Gasteiger partial charge in [-0.1, -0.05) is 122 Å². The third-order valence-electron chi connectivity index (χ3n) is 4.72. The van der Waals surface area contributed by atoms with Crippen LogP contribution in [-0.4, -0.2) is 93.6 Å². The van der Waals surface area contributed by atoms with E-state index in [2.05, 4.69) is 55.4 Å². The smallest absolute Gasteiger partial charge is 0.219 e. The lowest BCUT2D eigenvalue weighted by molar-refractivity contribution is -0.121. The lowest BCUT2D eigenvalue weighted by Gasteiger charge is -2.02. The van der Waals surface area contributed by atoms with Crippen LogP contribution in [0, 0.1) is 0 Å². The Morgan fingerprint density at radius 1 is 0.411 bits per heavy atom. The van der Waals surface area contributed by atoms with E-state index in [1.165, 1.54) is 90.3 Å². The van der Waals surface area contributed by atoms with Crippen LogP contribution in [0.4, 0.5) is 0 Å². The topological polar surface area (TPSA) is 413 Å². The van der Waals surface area contributed by atoms with Crippen LogP contribution in [0.5, 0.6) is 0 Å². The molecular formula is C37H110N11O7P. The molecule has 0 radical (unpaired) electrons. The van der Waals surface area contributed by atoms with Crippen molar-refractivity contribution < 1.29 is 33.6 Å². The van der Waals surface area contributed by atoms with Crippen LogP contribution in [0.1, 0.15) is 152 Å². The Hall–Kier alpha value is -2.48. The van der Waals surface area contributed by atoms with Crippen LogP contribution in [0.25, 0.3) is 0 Å². The number of carbonyl (C=O) groups excluding carboxylic acids is 7. The Morgan fingerprint density at radius 2 is 0.643 bits per heavy atom. The largest absolute Gasteiger partial charge is 0.356 e. The molecule has 0 aromatic heterocycles. The molecule has 0 bridgehead atoms. The van der Waals surface area contributed by atoms with Crippen LogP contribution in [-0.2, 0) is 33.6 Å². The normalized spacial score (nSPS) is 6.50. The molecule has 0 spiro atoms. The van der Waals surface area contributed by atoms with Gasteiger partial charge in [0.2, 0.25) is 5.91 Å². The third kappa shape index (κ3) is 345. The maximum Gasteiger partial charge on any atom is 0.219 e. The average molecular weight is 852 g/mol. The van der Waals surface area contributed by atoms with E-state index in [0.29, 0.717) is 6.42 Å². The van der Waals surface area contributed by atoms with E-state index in [4.69, 9.17) is 28.8 Å². The number of hydrogen-bond donors (Lipinski definition) is 11. The van der Waals surface area contributed by atoms with Gasteiger partial charge in [-0.2, -0.15) is 0 Å². The predicted molar refractivity (Wildman–Crippen MR) is 257 cm³/mol. The zero-order valence-electron chi connectivity index (χ0n) is 39.8. The molecule has 0 aliphatic rings. The first-order valence-electron chi connectivity index (χ1n) is 17.7. The van der Waals surface area contributed by atoms with Crippen molar-refractivity contribution in [1.29, 1.82) is 0 Å². The van der Waals surface area contributed by atoms with E-state index in [1.54, 1.807) is 0 Å². The first-order valence-corrected chi connectivity index (χ1v) is 19.2. The van der Waals surface area contributed by atoms with E-state index in [1.807, 2.05) is 89.4 Å². The van der Waals surface area contributed by atoms with Gasteiger partial charge >= 0.3 is 0 Å². The fourth-order valence-corrected chi connectivity index (χ4v) is 3.04. The summed E-state index contributed by atoms with van der Waals surface area (Å²) in [6.45, 7) is 37.4. The molecule has 360 valence electrons. The summed E-state index contributed by atoms with van der Waals surface area (Å²) in [4.78, 5) is 58.9. The number of unbranched alkanes of at least 4 members (excludes halogenated alkanes) is 8. The molecule has 0 saturated carbocycles. The first kappa shape index (κ1) is 124. The predicted octanol–water partition coefficient (Wildman–Crippen LogP) is 8.95. The molecule has 1 atom stereocenters. The van der Waals surface area contributed by atoms with E-state index in [0.717, 1.165) is 28.1 Å². The zero-order chi connectivity index (χ0) is 41.8. The fraction of sp³-hybridized carbons (Fsp3) is 0.811. The summed E-state index contributed by atoms with van der Waals surface area (Å²) in [5.41, 5.74) is 0. The summed E-state index contributed by atoms with van der Waals surface area (Å²) in [6, 6.07) is 0. The molecule has 18 nitrogen and oxygen atoms in total. The standard InChI is InChI=1S/C9H19NO.C6H16NP.2C6H15N.2C2H6.6CH2O.7H3N/c1-3-5-6-8-10-9(11)7-4-2;1-3-4-5-6-7-8-2;2*1-3-4-5-6-7-2;8*1-2;;;;;;;/h3-8H2,1-2H3,(H,10,11);7-8H,3-6H2,1-2H3;2*7H,3-6H2,1-2H3;2*1-2H3;6*1H2;7*1H3. The second kappa shape index (κ2) is 252. The van der Waals surface area contributed by atoms with Crippen molar-refractivity contribution in [3.05, 3.63) is 0 Å². The Bertz CT molecular complexity index is 390. The van der Waals surface area contributed by atoms with Crippen molar-refractivity contribution in [1.82, 2.24) is 64.1 Å². The highest BCUT2D eigenvalue weighted by Crippen LogP contribution is 1.96. The van der Waals surface area contributed by atoms with Gasteiger partial charge in [-0.3, -0.25) is 9.88 Å². The summed E-state index contributed by atoms with van der Waals surface area (Å²) >= 11 is 0. The van der Waals surface area contributed by atoms with Gasteiger partial charge in [-0.25, -0.2) is 0 Å². The van der Waals surface area contributed by atoms with Crippen molar-refractivity contribution in [3.63, 3.8) is 0 Å². The summed E-state index contributed by atoms with van der Waals surface area (Å²) < 4.78 is 0. The molecular weight excluding hydrogens is 741 g/mol. The van der Waals surface area contributed by atoms with Gasteiger partial charge in [0.15, 0.2) is 0 Å². The van der Waals surface area contributed by atoms with Gasteiger partial charge in [0.1, 0.15) is 40.7 Å². The second-order valence-corrected chi connectivity index (χ2v) is 9.17. The van der Waals surface area contributed by atoms with Crippen LogP contribution in [0.2, 0.25) is 0 Å². The highest BCUT2D eigenvalue weighted by Gasteiger charge is 1.96. The summed E-state index contributed by atoms with van der Waals surface area (Å²) in [7, 11) is 4.91. The van der Waals surface area contributed by atoms with Crippen molar-refractivity contribution in [2.24, 2.45) is 0 Å². The van der Waals surface area contributed by atoms with Crippen molar-refractivity contribution in [3.8, 4) is 0 Å². The Labute approximate surface area is 351 Å². The lowest BCUT2D eigenvalue weighted by Crippen LogP contribution is -2.23. The van der Waals surface area contributed by atoms with Crippen LogP contribution < -0.4 is 64.1 Å². The van der Waals surface area contributed by atoms with Crippen LogP contribution in [0.15, 0.2) is 0 Å². The van der Waals surface area contributed by atoms with Gasteiger partial charge in [-0.05, 0) is 72.5 Å². The summed E-state index contributed by atoms with van der Waals surface area (Å²) in [5.74, 6) is 0.198. The molecule has 0 aromatic rings. The quantitative estimate of drug-likeness (QED) is 0.0426. The molecule has 0 aliphatic heterocycles. The van der Waals surface area contributed by atoms with E-state index in [-0.39, 0.29) is 49.0 Å². The minimum absolute atomic E-state index is 0. The fourth-order valence-electron chi connectivity index (χ4n) is 2.61. The van der Waals surface area contributed by atoms with Crippen molar-refractivity contribution in [2.45, 2.75) is 152 Å². The highest BCUT2D eigenvalue weighted by atomic mass is 31.1. The molecule has 25 N–H and O–H groups in total. The SMILES string of the molecule is C=O.C=O.C=O.C=O.C=O.C=O.CC.CC.CCCCCNC.CCCCCNC.CCCCCNC(=O)CCC.CCCCCNPC.N.N.N.N.N.N.N. The number of amides is 1. The molecule has 0 aliphatic carbocycles. The van der Waals surface area contributed by atoms with Gasteiger partial charge < -0.3 is 87.8 Å². The molecule has 0 rings (SSSR count). The molecule has 19 heteroatoms. The molecule has 0 aromatic carbocycles. The van der Waals surface area contributed by atoms with Crippen molar-refractivity contribution in [2.75, 3.05) is 46.9 Å². The minimum atomic E-state index is 0. The lowest BCUT2D eigenvalue weighted by atomic mass is 10.2. The number of nitrogens with one attached hydrogen (secondary N) is 4. The van der Waals surface area contributed by atoms with Gasteiger partial charge in [0, 0.05) is 13.0 Å². The number of carbonyl (C=O) groups is 7. The minimum Gasteiger partial charge on any atom is -0.356 e. The average Bonchev–Trinajstić information content (AvgIpc) is 3.20. The first-order chi connectivity index (χ1) is 24.1. The maximum atomic E-state index is 10.9. The Morgan fingerprint density at radius 3 is 0.839 bits per heavy atom. The molecule has 0 saturated heterocycles. The second-order valence-electron chi connectivity index (χ2n) is 8.31. The van der Waals surface area contributed by atoms with Crippen LogP contribution in [0.3, 0.4) is 0 Å². The summed E-state index contributed by atoms with van der Waals surface area (Å²) in [6.07, 6.45) is 17.2. The van der Waals surface area contributed by atoms with E-state index >= 15 is 0 Å². The van der Waals surface area contributed by atoms with E-state index in [9.17, 15) is 4.79 Å². The Balaban J connectivity index is -0.0000000166. The van der Waals surface area contributed by atoms with E-state index < -0.39 is 0 Å². The molecule has 0 fully saturated rings. The summed E-state index contributed by atoms with van der Waals surface area (Å²) in [5, 5.41) is 12.4. The number of rotatable bonds is 19. The Kier molecular flexibility index (Phi) is 557. The van der Waals surface area contributed by atoms with Gasteiger partial charge in [0.05, 0.1) is 0 Å². The van der Waals surface area contributed by atoms with Gasteiger partial charge in [0.25, 0.3) is 0 Å². The monoisotopic (exact) mass is 852 g/mol. The number of hydrogen-bond acceptors (Lipinski definition) is 17. The molecule has 0 heterocycles. The van der Waals surface area contributed by atoms with Gasteiger partial charge in [-0.15, -0.1) is 0 Å².